The lowest BCUT2D eigenvalue weighted by molar-refractivity contribution is 0.861. The van der Waals surface area contributed by atoms with Gasteiger partial charge in [-0.1, -0.05) is 60.2 Å². The van der Waals surface area contributed by atoms with Crippen molar-refractivity contribution < 1.29 is 0 Å². The molecule has 0 aliphatic heterocycles. The van der Waals surface area contributed by atoms with Crippen LogP contribution >= 0.6 is 0 Å². The number of benzene rings is 2. The van der Waals surface area contributed by atoms with Gasteiger partial charge in [0, 0.05) is 18.0 Å². The van der Waals surface area contributed by atoms with Crippen molar-refractivity contribution in [2.45, 2.75) is 19.9 Å². The van der Waals surface area contributed by atoms with Crippen LogP contribution in [-0.2, 0) is 0 Å². The van der Waals surface area contributed by atoms with Crippen LogP contribution in [0.25, 0.3) is 11.1 Å². The van der Waals surface area contributed by atoms with Crippen LogP contribution < -0.4 is 5.32 Å². The summed E-state index contributed by atoms with van der Waals surface area (Å²) in [5.74, 6) is 0.646. The van der Waals surface area contributed by atoms with Gasteiger partial charge in [0.2, 0.25) is 5.95 Å². The zero-order chi connectivity index (χ0) is 15.4. The Kier molecular flexibility index (Phi) is 4.15. The molecule has 1 aromatic heterocycles. The van der Waals surface area contributed by atoms with Gasteiger partial charge in [-0.15, -0.1) is 0 Å². The molecule has 0 saturated carbocycles. The zero-order valence-corrected chi connectivity index (χ0v) is 12.8. The highest BCUT2D eigenvalue weighted by molar-refractivity contribution is 5.62. The molecule has 1 unspecified atom stereocenters. The molecule has 0 radical (unpaired) electrons. The summed E-state index contributed by atoms with van der Waals surface area (Å²) < 4.78 is 0. The second-order valence-electron chi connectivity index (χ2n) is 5.44. The summed E-state index contributed by atoms with van der Waals surface area (Å²) in [6.45, 7) is 4.19. The topological polar surface area (TPSA) is 37.8 Å². The Hall–Kier alpha value is -2.68. The van der Waals surface area contributed by atoms with Crippen LogP contribution in [0.5, 0.6) is 0 Å². The minimum Gasteiger partial charge on any atom is -0.348 e. The number of hydrogen-bond donors (Lipinski definition) is 1. The third-order valence-electron chi connectivity index (χ3n) is 3.68. The van der Waals surface area contributed by atoms with Gasteiger partial charge < -0.3 is 5.32 Å². The largest absolute Gasteiger partial charge is 0.348 e. The van der Waals surface area contributed by atoms with Gasteiger partial charge in [-0.2, -0.15) is 0 Å². The lowest BCUT2D eigenvalue weighted by atomic mass is 10.1. The van der Waals surface area contributed by atoms with E-state index >= 15 is 0 Å². The molecule has 0 amide bonds. The molecule has 1 N–H and O–H groups in total. The van der Waals surface area contributed by atoms with E-state index in [9.17, 15) is 0 Å². The van der Waals surface area contributed by atoms with Gasteiger partial charge in [0.1, 0.15) is 0 Å². The van der Waals surface area contributed by atoms with Crippen LogP contribution in [0.2, 0.25) is 0 Å². The van der Waals surface area contributed by atoms with Crippen molar-refractivity contribution in [3.8, 4) is 11.1 Å². The van der Waals surface area contributed by atoms with Crippen molar-refractivity contribution in [2.75, 3.05) is 5.32 Å². The van der Waals surface area contributed by atoms with Crippen LogP contribution in [0, 0.1) is 6.92 Å². The third kappa shape index (κ3) is 3.31. The Morgan fingerprint density at radius 2 is 1.45 bits per heavy atom. The molecule has 0 bridgehead atoms. The summed E-state index contributed by atoms with van der Waals surface area (Å²) in [7, 11) is 0. The highest BCUT2D eigenvalue weighted by Crippen LogP contribution is 2.20. The first-order valence-electron chi connectivity index (χ1n) is 7.43. The molecular formula is C19H19N3. The average Bonchev–Trinajstić information content (AvgIpc) is 2.57. The Morgan fingerprint density at radius 3 is 2.09 bits per heavy atom. The van der Waals surface area contributed by atoms with Crippen LogP contribution in [-0.4, -0.2) is 9.97 Å². The minimum absolute atomic E-state index is 0.173. The monoisotopic (exact) mass is 289 g/mol. The molecule has 1 atom stereocenters. The van der Waals surface area contributed by atoms with Crippen molar-refractivity contribution in [1.82, 2.24) is 9.97 Å². The third-order valence-corrected chi connectivity index (χ3v) is 3.68. The fraction of sp³-hybridized carbons (Fsp3) is 0.158. The number of anilines is 1. The average molecular weight is 289 g/mol. The van der Waals surface area contributed by atoms with E-state index in [1.807, 2.05) is 30.6 Å². The smallest absolute Gasteiger partial charge is 0.223 e. The normalized spacial score (nSPS) is 11.9. The quantitative estimate of drug-likeness (QED) is 0.761. The number of aromatic nitrogens is 2. The number of nitrogens with one attached hydrogen (secondary N) is 1. The summed E-state index contributed by atoms with van der Waals surface area (Å²) in [6, 6.07) is 18.8. The second-order valence-corrected chi connectivity index (χ2v) is 5.44. The van der Waals surface area contributed by atoms with Gasteiger partial charge in [-0.05, 0) is 25.0 Å². The molecule has 22 heavy (non-hydrogen) atoms. The van der Waals surface area contributed by atoms with E-state index in [0.717, 1.165) is 11.1 Å². The van der Waals surface area contributed by atoms with Crippen LogP contribution in [0.3, 0.4) is 0 Å². The Balaban J connectivity index is 1.73. The van der Waals surface area contributed by atoms with E-state index in [0.29, 0.717) is 5.95 Å². The predicted octanol–water partition coefficient (Wildman–Crippen LogP) is 4.63. The fourth-order valence-corrected chi connectivity index (χ4v) is 2.32. The lowest BCUT2D eigenvalue weighted by Crippen LogP contribution is -2.09. The molecule has 0 spiro atoms. The summed E-state index contributed by atoms with van der Waals surface area (Å²) in [6.07, 6.45) is 3.72. The number of hydrogen-bond acceptors (Lipinski definition) is 3. The molecule has 2 aromatic carbocycles. The summed E-state index contributed by atoms with van der Waals surface area (Å²) >= 11 is 0. The summed E-state index contributed by atoms with van der Waals surface area (Å²) in [4.78, 5) is 8.84. The standard InChI is InChI=1S/C19H19N3/c1-14-8-10-17(11-9-14)18-12-20-19(21-13-18)22-15(2)16-6-4-3-5-7-16/h3-13,15H,1-2H3,(H,20,21,22). The molecule has 3 rings (SSSR count). The summed E-state index contributed by atoms with van der Waals surface area (Å²) in [5.41, 5.74) is 4.62. The van der Waals surface area contributed by atoms with Crippen LogP contribution in [0.4, 0.5) is 5.95 Å². The van der Waals surface area contributed by atoms with Crippen molar-refractivity contribution in [3.05, 3.63) is 78.1 Å². The molecule has 110 valence electrons. The Bertz CT molecular complexity index is 719. The van der Waals surface area contributed by atoms with Gasteiger partial charge in [-0.3, -0.25) is 0 Å². The van der Waals surface area contributed by atoms with Crippen LogP contribution in [0.1, 0.15) is 24.1 Å². The number of rotatable bonds is 4. The number of aryl methyl sites for hydroxylation is 1. The maximum absolute atomic E-state index is 4.42. The summed E-state index contributed by atoms with van der Waals surface area (Å²) in [5, 5.41) is 3.32. The van der Waals surface area contributed by atoms with Gasteiger partial charge in [-0.25, -0.2) is 9.97 Å². The molecule has 3 heteroatoms. The van der Waals surface area contributed by atoms with Crippen molar-refractivity contribution in [2.24, 2.45) is 0 Å². The van der Waals surface area contributed by atoms with E-state index in [1.165, 1.54) is 11.1 Å². The molecule has 0 saturated heterocycles. The fourth-order valence-electron chi connectivity index (χ4n) is 2.32. The predicted molar refractivity (Wildman–Crippen MR) is 90.7 cm³/mol. The van der Waals surface area contributed by atoms with E-state index in [4.69, 9.17) is 0 Å². The highest BCUT2D eigenvalue weighted by Gasteiger charge is 2.06. The molecule has 0 fully saturated rings. The Morgan fingerprint density at radius 1 is 0.818 bits per heavy atom. The van der Waals surface area contributed by atoms with Gasteiger partial charge >= 0.3 is 0 Å². The first-order valence-corrected chi connectivity index (χ1v) is 7.43. The van der Waals surface area contributed by atoms with E-state index in [2.05, 4.69) is 65.5 Å². The molecule has 0 aliphatic rings. The van der Waals surface area contributed by atoms with E-state index in [-0.39, 0.29) is 6.04 Å². The van der Waals surface area contributed by atoms with Crippen molar-refractivity contribution in [1.29, 1.82) is 0 Å². The highest BCUT2D eigenvalue weighted by atomic mass is 15.1. The molecule has 3 nitrogen and oxygen atoms in total. The lowest BCUT2D eigenvalue weighted by Gasteiger charge is -2.14. The van der Waals surface area contributed by atoms with Crippen LogP contribution in [0.15, 0.2) is 67.0 Å². The molecule has 1 heterocycles. The molecular weight excluding hydrogens is 270 g/mol. The first-order chi connectivity index (χ1) is 10.7. The SMILES string of the molecule is Cc1ccc(-c2cnc(NC(C)c3ccccc3)nc2)cc1. The zero-order valence-electron chi connectivity index (χ0n) is 12.8. The van der Waals surface area contributed by atoms with Crippen molar-refractivity contribution in [3.63, 3.8) is 0 Å². The Labute approximate surface area is 131 Å². The van der Waals surface area contributed by atoms with Crippen molar-refractivity contribution >= 4 is 5.95 Å². The second kappa shape index (κ2) is 6.39. The minimum atomic E-state index is 0.173. The van der Waals surface area contributed by atoms with Gasteiger partial charge in [0.15, 0.2) is 0 Å². The van der Waals surface area contributed by atoms with Gasteiger partial charge in [0.05, 0.1) is 6.04 Å². The number of nitrogens with zero attached hydrogens (tertiary/aromatic N) is 2. The molecule has 0 aliphatic carbocycles. The first kappa shape index (κ1) is 14.3. The maximum atomic E-state index is 4.42. The van der Waals surface area contributed by atoms with Gasteiger partial charge in [0.25, 0.3) is 0 Å². The van der Waals surface area contributed by atoms with E-state index < -0.39 is 0 Å². The van der Waals surface area contributed by atoms with E-state index in [1.54, 1.807) is 0 Å². The maximum Gasteiger partial charge on any atom is 0.223 e. The molecule has 3 aromatic rings.